The number of aryl methyl sites for hydroxylation is 1. The van der Waals surface area contributed by atoms with Crippen LogP contribution >= 0.6 is 11.3 Å². The van der Waals surface area contributed by atoms with Crippen LogP contribution in [0.5, 0.6) is 0 Å². The number of thiazole rings is 1. The molecular formula is C22H21N3O2S. The Balaban J connectivity index is 1.51. The van der Waals surface area contributed by atoms with Crippen LogP contribution in [0.15, 0.2) is 48.5 Å². The van der Waals surface area contributed by atoms with Crippen LogP contribution in [0.1, 0.15) is 30.4 Å². The highest BCUT2D eigenvalue weighted by atomic mass is 32.1. The molecule has 0 saturated carbocycles. The third kappa shape index (κ3) is 4.22. The SMILES string of the molecule is N#Cc1ccc(CCC(=O)N(CC2CCCO2)c2nc3ccccc3s2)cc1. The number of hydrogen-bond donors (Lipinski definition) is 0. The topological polar surface area (TPSA) is 66.2 Å². The third-order valence-electron chi connectivity index (χ3n) is 4.94. The van der Waals surface area contributed by atoms with E-state index in [0.717, 1.165) is 40.4 Å². The highest BCUT2D eigenvalue weighted by molar-refractivity contribution is 7.22. The maximum atomic E-state index is 13.1. The van der Waals surface area contributed by atoms with Gasteiger partial charge in [0, 0.05) is 13.0 Å². The van der Waals surface area contributed by atoms with Gasteiger partial charge in [0.1, 0.15) is 0 Å². The molecular weight excluding hydrogens is 370 g/mol. The Labute approximate surface area is 168 Å². The third-order valence-corrected chi connectivity index (χ3v) is 5.99. The number of fused-ring (bicyclic) bond motifs is 1. The van der Waals surface area contributed by atoms with Gasteiger partial charge in [-0.2, -0.15) is 5.26 Å². The summed E-state index contributed by atoms with van der Waals surface area (Å²) in [6.45, 7) is 1.31. The summed E-state index contributed by atoms with van der Waals surface area (Å²) in [5.74, 6) is 0.0546. The molecule has 0 aliphatic carbocycles. The van der Waals surface area contributed by atoms with Crippen molar-refractivity contribution < 1.29 is 9.53 Å². The van der Waals surface area contributed by atoms with Crippen LogP contribution < -0.4 is 4.90 Å². The van der Waals surface area contributed by atoms with Crippen LogP contribution in [0.2, 0.25) is 0 Å². The molecule has 1 saturated heterocycles. The summed E-state index contributed by atoms with van der Waals surface area (Å²) < 4.78 is 6.85. The van der Waals surface area contributed by atoms with Crippen LogP contribution in [0, 0.1) is 11.3 Å². The normalized spacial score (nSPS) is 16.2. The molecule has 1 fully saturated rings. The van der Waals surface area contributed by atoms with Gasteiger partial charge >= 0.3 is 0 Å². The van der Waals surface area contributed by atoms with E-state index in [9.17, 15) is 4.79 Å². The highest BCUT2D eigenvalue weighted by Gasteiger charge is 2.25. The second-order valence-corrected chi connectivity index (χ2v) is 7.92. The number of nitrogens with zero attached hydrogens (tertiary/aromatic N) is 3. The van der Waals surface area contributed by atoms with Gasteiger partial charge in [-0.1, -0.05) is 35.6 Å². The smallest absolute Gasteiger partial charge is 0.229 e. The molecule has 1 unspecified atom stereocenters. The van der Waals surface area contributed by atoms with Crippen LogP contribution in [-0.2, 0) is 16.0 Å². The maximum Gasteiger partial charge on any atom is 0.229 e. The van der Waals surface area contributed by atoms with Crippen molar-refractivity contribution >= 4 is 32.6 Å². The first-order valence-electron chi connectivity index (χ1n) is 9.49. The monoisotopic (exact) mass is 391 g/mol. The van der Waals surface area contributed by atoms with E-state index in [4.69, 9.17) is 10.00 Å². The average Bonchev–Trinajstić information content (AvgIpc) is 3.40. The number of anilines is 1. The van der Waals surface area contributed by atoms with E-state index in [-0.39, 0.29) is 12.0 Å². The lowest BCUT2D eigenvalue weighted by Crippen LogP contribution is -2.37. The molecule has 1 aliphatic rings. The molecule has 6 heteroatoms. The van der Waals surface area contributed by atoms with Gasteiger partial charge in [0.05, 0.1) is 34.5 Å². The lowest BCUT2D eigenvalue weighted by molar-refractivity contribution is -0.119. The quantitative estimate of drug-likeness (QED) is 0.628. The van der Waals surface area contributed by atoms with E-state index in [0.29, 0.717) is 24.9 Å². The van der Waals surface area contributed by atoms with E-state index in [1.54, 1.807) is 28.4 Å². The Hall–Kier alpha value is -2.75. The fourth-order valence-corrected chi connectivity index (χ4v) is 4.38. The molecule has 1 aliphatic heterocycles. The predicted octanol–water partition coefficient (Wildman–Crippen LogP) is 4.31. The lowest BCUT2D eigenvalue weighted by atomic mass is 10.1. The number of para-hydroxylation sites is 1. The van der Waals surface area contributed by atoms with Crippen molar-refractivity contribution in [1.29, 1.82) is 5.26 Å². The predicted molar refractivity (Wildman–Crippen MR) is 110 cm³/mol. The van der Waals surface area contributed by atoms with Gasteiger partial charge < -0.3 is 4.74 Å². The van der Waals surface area contributed by atoms with Gasteiger partial charge in [-0.25, -0.2) is 4.98 Å². The summed E-state index contributed by atoms with van der Waals surface area (Å²) in [7, 11) is 0. The standard InChI is InChI=1S/C22H21N3O2S/c23-14-17-9-7-16(8-10-17)11-12-21(26)25(15-18-4-3-13-27-18)22-24-19-5-1-2-6-20(19)28-22/h1-2,5-10,18H,3-4,11-13,15H2. The van der Waals surface area contributed by atoms with Gasteiger partial charge in [-0.15, -0.1) is 0 Å². The molecule has 0 spiro atoms. The van der Waals surface area contributed by atoms with Gasteiger partial charge in [-0.3, -0.25) is 9.69 Å². The molecule has 3 aromatic rings. The van der Waals surface area contributed by atoms with Crippen molar-refractivity contribution in [2.75, 3.05) is 18.1 Å². The molecule has 2 heterocycles. The number of nitriles is 1. The fraction of sp³-hybridized carbons (Fsp3) is 0.318. The van der Waals surface area contributed by atoms with Gasteiger partial charge in [-0.05, 0) is 49.1 Å². The molecule has 142 valence electrons. The van der Waals surface area contributed by atoms with Crippen molar-refractivity contribution in [3.8, 4) is 6.07 Å². The van der Waals surface area contributed by atoms with Crippen LogP contribution in [0.4, 0.5) is 5.13 Å². The molecule has 28 heavy (non-hydrogen) atoms. The second-order valence-electron chi connectivity index (χ2n) is 6.91. The van der Waals surface area contributed by atoms with Crippen LogP contribution in [0.25, 0.3) is 10.2 Å². The lowest BCUT2D eigenvalue weighted by Gasteiger charge is -2.23. The number of carbonyl (C=O) groups excluding carboxylic acids is 1. The van der Waals surface area contributed by atoms with Gasteiger partial charge in [0.2, 0.25) is 5.91 Å². The second kappa shape index (κ2) is 8.51. The summed E-state index contributed by atoms with van der Waals surface area (Å²) in [4.78, 5) is 19.6. The van der Waals surface area contributed by atoms with Crippen molar-refractivity contribution in [3.05, 3.63) is 59.7 Å². The number of ether oxygens (including phenoxy) is 1. The minimum atomic E-state index is 0.0546. The average molecular weight is 391 g/mol. The molecule has 5 nitrogen and oxygen atoms in total. The molecule has 1 aromatic heterocycles. The van der Waals surface area contributed by atoms with E-state index in [1.165, 1.54) is 0 Å². The number of rotatable bonds is 6. The molecule has 0 N–H and O–H groups in total. The zero-order valence-corrected chi connectivity index (χ0v) is 16.3. The van der Waals surface area contributed by atoms with Crippen molar-refractivity contribution in [3.63, 3.8) is 0 Å². The first-order chi connectivity index (χ1) is 13.7. The number of amides is 1. The van der Waals surface area contributed by atoms with E-state index in [2.05, 4.69) is 11.1 Å². The first-order valence-corrected chi connectivity index (χ1v) is 10.3. The summed E-state index contributed by atoms with van der Waals surface area (Å²) >= 11 is 1.55. The van der Waals surface area contributed by atoms with Gasteiger partial charge in [0.25, 0.3) is 0 Å². The van der Waals surface area contributed by atoms with Crippen molar-refractivity contribution in [2.24, 2.45) is 0 Å². The zero-order chi connectivity index (χ0) is 19.3. The summed E-state index contributed by atoms with van der Waals surface area (Å²) in [5, 5.41) is 9.65. The highest BCUT2D eigenvalue weighted by Crippen LogP contribution is 2.30. The Morgan fingerprint density at radius 3 is 2.79 bits per heavy atom. The minimum absolute atomic E-state index is 0.0546. The van der Waals surface area contributed by atoms with Crippen molar-refractivity contribution in [1.82, 2.24) is 4.98 Å². The number of benzene rings is 2. The Morgan fingerprint density at radius 2 is 2.07 bits per heavy atom. The first kappa shape index (κ1) is 18.6. The van der Waals surface area contributed by atoms with E-state index < -0.39 is 0 Å². The van der Waals surface area contributed by atoms with Crippen LogP contribution in [0.3, 0.4) is 0 Å². The molecule has 2 aromatic carbocycles. The van der Waals surface area contributed by atoms with E-state index in [1.807, 2.05) is 36.4 Å². The van der Waals surface area contributed by atoms with Crippen molar-refractivity contribution in [2.45, 2.75) is 31.8 Å². The maximum absolute atomic E-state index is 13.1. The number of hydrogen-bond acceptors (Lipinski definition) is 5. The van der Waals surface area contributed by atoms with Crippen LogP contribution in [-0.4, -0.2) is 30.1 Å². The molecule has 4 rings (SSSR count). The number of aromatic nitrogens is 1. The summed E-state index contributed by atoms with van der Waals surface area (Å²) in [5.41, 5.74) is 2.60. The molecule has 0 bridgehead atoms. The largest absolute Gasteiger partial charge is 0.376 e. The fourth-order valence-electron chi connectivity index (χ4n) is 3.39. The Bertz CT molecular complexity index is 968. The Morgan fingerprint density at radius 1 is 1.25 bits per heavy atom. The summed E-state index contributed by atoms with van der Waals surface area (Å²) in [6.07, 6.45) is 3.12. The molecule has 1 atom stereocenters. The number of carbonyl (C=O) groups is 1. The summed E-state index contributed by atoms with van der Waals surface area (Å²) in [6, 6.07) is 17.5. The van der Waals surface area contributed by atoms with E-state index >= 15 is 0 Å². The minimum Gasteiger partial charge on any atom is -0.376 e. The Kier molecular flexibility index (Phi) is 5.65. The van der Waals surface area contributed by atoms with Gasteiger partial charge in [0.15, 0.2) is 5.13 Å². The molecule has 0 radical (unpaired) electrons. The zero-order valence-electron chi connectivity index (χ0n) is 15.5. The molecule has 1 amide bonds.